The van der Waals surface area contributed by atoms with Crippen LogP contribution in [0.5, 0.6) is 0 Å². The van der Waals surface area contributed by atoms with Gasteiger partial charge in [0.15, 0.2) is 0 Å². The van der Waals surface area contributed by atoms with E-state index >= 15 is 0 Å². The monoisotopic (exact) mass is 238 g/mol. The normalized spacial score (nSPS) is 22.5. The molecule has 0 bridgehead atoms. The van der Waals surface area contributed by atoms with Gasteiger partial charge in [0.1, 0.15) is 5.82 Å². The molecule has 17 heavy (non-hydrogen) atoms. The molecule has 0 aliphatic heterocycles. The molecule has 1 saturated carbocycles. The van der Waals surface area contributed by atoms with Gasteiger partial charge in [0.25, 0.3) is 5.69 Å². The van der Waals surface area contributed by atoms with Crippen molar-refractivity contribution in [2.45, 2.75) is 32.4 Å². The Morgan fingerprint density at radius 1 is 1.53 bits per heavy atom. The number of benzene rings is 1. The second kappa shape index (κ2) is 4.79. The number of halogens is 1. The number of hydrogen-bond donors (Lipinski definition) is 1. The van der Waals surface area contributed by atoms with Crippen LogP contribution in [-0.2, 0) is 6.54 Å². The zero-order valence-electron chi connectivity index (χ0n) is 9.65. The number of nitro benzene ring substituents is 1. The van der Waals surface area contributed by atoms with Gasteiger partial charge in [0, 0.05) is 18.7 Å². The van der Waals surface area contributed by atoms with Crippen molar-refractivity contribution in [3.8, 4) is 0 Å². The van der Waals surface area contributed by atoms with Crippen LogP contribution in [0.1, 0.15) is 25.3 Å². The lowest BCUT2D eigenvalue weighted by atomic mass is 10.2. The third kappa shape index (κ3) is 3.00. The minimum Gasteiger partial charge on any atom is -0.310 e. The summed E-state index contributed by atoms with van der Waals surface area (Å²) in [4.78, 5) is 10.0. The molecule has 1 aliphatic rings. The molecule has 92 valence electrons. The molecule has 0 aromatic heterocycles. The third-order valence-corrected chi connectivity index (χ3v) is 3.17. The molecule has 0 amide bonds. The predicted octanol–water partition coefficient (Wildman–Crippen LogP) is 2.62. The average Bonchev–Trinajstić information content (AvgIpc) is 3.04. The summed E-state index contributed by atoms with van der Waals surface area (Å²) in [5.74, 6) is 0.150. The Bertz CT molecular complexity index is 437. The first-order valence-corrected chi connectivity index (χ1v) is 5.77. The average molecular weight is 238 g/mol. The van der Waals surface area contributed by atoms with E-state index < -0.39 is 10.7 Å². The van der Waals surface area contributed by atoms with E-state index in [1.165, 1.54) is 12.1 Å². The first kappa shape index (κ1) is 12.0. The Labute approximate surface area is 99.0 Å². The summed E-state index contributed by atoms with van der Waals surface area (Å²) >= 11 is 0. The van der Waals surface area contributed by atoms with Crippen LogP contribution in [0.4, 0.5) is 10.1 Å². The summed E-state index contributed by atoms with van der Waals surface area (Å²) in [5.41, 5.74) is 0.433. The van der Waals surface area contributed by atoms with Crippen LogP contribution in [0.2, 0.25) is 0 Å². The van der Waals surface area contributed by atoms with E-state index in [2.05, 4.69) is 12.2 Å². The fourth-order valence-electron chi connectivity index (χ4n) is 2.04. The van der Waals surface area contributed by atoms with Gasteiger partial charge in [0.2, 0.25) is 0 Å². The van der Waals surface area contributed by atoms with Crippen molar-refractivity contribution in [1.29, 1.82) is 0 Å². The molecule has 1 aliphatic carbocycles. The lowest BCUT2D eigenvalue weighted by Gasteiger charge is -2.04. The first-order chi connectivity index (χ1) is 8.10. The van der Waals surface area contributed by atoms with Crippen molar-refractivity contribution in [2.75, 3.05) is 0 Å². The number of rotatable bonds is 5. The lowest BCUT2D eigenvalue weighted by Crippen LogP contribution is -2.17. The van der Waals surface area contributed by atoms with Gasteiger partial charge in [-0.2, -0.15) is 0 Å². The van der Waals surface area contributed by atoms with Crippen molar-refractivity contribution in [3.05, 3.63) is 39.7 Å². The van der Waals surface area contributed by atoms with E-state index in [0.29, 0.717) is 24.1 Å². The van der Waals surface area contributed by atoms with Crippen LogP contribution in [0.15, 0.2) is 18.2 Å². The van der Waals surface area contributed by atoms with Crippen molar-refractivity contribution in [3.63, 3.8) is 0 Å². The Morgan fingerprint density at radius 3 is 2.88 bits per heavy atom. The minimum absolute atomic E-state index is 0.190. The number of hydrogen-bond acceptors (Lipinski definition) is 3. The molecule has 2 atom stereocenters. The second-order valence-electron chi connectivity index (χ2n) is 4.47. The molecule has 1 fully saturated rings. The van der Waals surface area contributed by atoms with Crippen molar-refractivity contribution >= 4 is 5.69 Å². The van der Waals surface area contributed by atoms with Gasteiger partial charge in [-0.05, 0) is 24.0 Å². The van der Waals surface area contributed by atoms with Crippen molar-refractivity contribution in [1.82, 2.24) is 5.32 Å². The number of non-ortho nitro benzene ring substituents is 1. The first-order valence-electron chi connectivity index (χ1n) is 5.77. The Hall–Kier alpha value is -1.49. The molecule has 4 nitrogen and oxygen atoms in total. The topological polar surface area (TPSA) is 55.2 Å². The van der Waals surface area contributed by atoms with Crippen LogP contribution in [0.25, 0.3) is 0 Å². The second-order valence-corrected chi connectivity index (χ2v) is 4.47. The lowest BCUT2D eigenvalue weighted by molar-refractivity contribution is -0.385. The fraction of sp³-hybridized carbons (Fsp3) is 0.500. The van der Waals surface area contributed by atoms with E-state index in [-0.39, 0.29) is 5.69 Å². The highest BCUT2D eigenvalue weighted by Gasteiger charge is 2.34. The highest BCUT2D eigenvalue weighted by atomic mass is 19.1. The molecule has 0 spiro atoms. The van der Waals surface area contributed by atoms with E-state index in [9.17, 15) is 14.5 Å². The fourth-order valence-corrected chi connectivity index (χ4v) is 2.04. The quantitative estimate of drug-likeness (QED) is 0.633. The summed E-state index contributed by atoms with van der Waals surface area (Å²) in [5, 5.41) is 13.9. The van der Waals surface area contributed by atoms with Gasteiger partial charge in [-0.15, -0.1) is 0 Å². The van der Waals surface area contributed by atoms with Gasteiger partial charge < -0.3 is 5.32 Å². The highest BCUT2D eigenvalue weighted by molar-refractivity contribution is 5.35. The molecular formula is C12H15FN2O2. The Morgan fingerprint density at radius 2 is 2.29 bits per heavy atom. The van der Waals surface area contributed by atoms with Gasteiger partial charge in [-0.25, -0.2) is 4.39 Å². The zero-order valence-corrected chi connectivity index (χ0v) is 9.65. The molecule has 0 saturated heterocycles. The maximum absolute atomic E-state index is 13.1. The Kier molecular flexibility index (Phi) is 3.38. The number of nitro groups is 1. The molecule has 0 radical (unpaired) electrons. The summed E-state index contributed by atoms with van der Waals surface area (Å²) in [6.45, 7) is 2.62. The smallest absolute Gasteiger partial charge is 0.272 e. The van der Waals surface area contributed by atoms with Gasteiger partial charge in [-0.3, -0.25) is 10.1 Å². The molecule has 0 heterocycles. The maximum atomic E-state index is 13.1. The van der Waals surface area contributed by atoms with E-state index in [1.807, 2.05) is 0 Å². The van der Waals surface area contributed by atoms with Gasteiger partial charge in [0.05, 0.1) is 11.0 Å². The molecule has 1 aromatic carbocycles. The van der Waals surface area contributed by atoms with E-state index in [4.69, 9.17) is 0 Å². The summed E-state index contributed by atoms with van der Waals surface area (Å²) in [6, 6.07) is 4.18. The van der Waals surface area contributed by atoms with Crippen LogP contribution in [0.3, 0.4) is 0 Å². The van der Waals surface area contributed by atoms with E-state index in [1.54, 1.807) is 0 Å². The highest BCUT2D eigenvalue weighted by Crippen LogP contribution is 2.33. The summed E-state index contributed by atoms with van der Waals surface area (Å²) < 4.78 is 13.1. The third-order valence-electron chi connectivity index (χ3n) is 3.17. The largest absolute Gasteiger partial charge is 0.310 e. The van der Waals surface area contributed by atoms with Gasteiger partial charge >= 0.3 is 0 Å². The molecule has 1 aromatic rings. The SMILES string of the molecule is CCC1CC1NCc1cc(F)cc([N+](=O)[O-])c1. The van der Waals surface area contributed by atoms with Crippen LogP contribution in [0, 0.1) is 21.8 Å². The van der Waals surface area contributed by atoms with Crippen LogP contribution < -0.4 is 5.32 Å². The summed E-state index contributed by atoms with van der Waals surface area (Å²) in [6.07, 6.45) is 2.29. The number of nitrogens with one attached hydrogen (secondary N) is 1. The molecule has 1 N–H and O–H groups in total. The van der Waals surface area contributed by atoms with Crippen LogP contribution in [-0.4, -0.2) is 11.0 Å². The molecule has 5 heteroatoms. The molecule has 2 unspecified atom stereocenters. The van der Waals surface area contributed by atoms with E-state index in [0.717, 1.165) is 18.9 Å². The molecular weight excluding hydrogens is 223 g/mol. The van der Waals surface area contributed by atoms with Crippen molar-refractivity contribution in [2.24, 2.45) is 5.92 Å². The zero-order chi connectivity index (χ0) is 12.4. The van der Waals surface area contributed by atoms with Crippen molar-refractivity contribution < 1.29 is 9.31 Å². The minimum atomic E-state index is -0.571. The molecule has 2 rings (SSSR count). The Balaban J connectivity index is 1.98. The maximum Gasteiger partial charge on any atom is 0.272 e. The predicted molar refractivity (Wildman–Crippen MR) is 62.1 cm³/mol. The standard InChI is InChI=1S/C12H15FN2O2/c1-2-9-5-12(9)14-7-8-3-10(13)6-11(4-8)15(16)17/h3-4,6,9,12,14H,2,5,7H2,1H3. The van der Waals surface area contributed by atoms with Gasteiger partial charge in [-0.1, -0.05) is 13.3 Å². The number of nitrogens with zero attached hydrogens (tertiary/aromatic N) is 1. The van der Waals surface area contributed by atoms with Crippen LogP contribution >= 0.6 is 0 Å². The summed E-state index contributed by atoms with van der Waals surface area (Å²) in [7, 11) is 0.